The second-order valence-corrected chi connectivity index (χ2v) is 3.20. The zero-order valence-corrected chi connectivity index (χ0v) is 7.59. The van der Waals surface area contributed by atoms with Crippen LogP contribution in [0.1, 0.15) is 25.7 Å². The molecule has 0 radical (unpaired) electrons. The number of hydrogen-bond acceptors (Lipinski definition) is 4. The topological polar surface area (TPSA) is 81.5 Å². The van der Waals surface area contributed by atoms with Gasteiger partial charge in [0.2, 0.25) is 8.53 Å². The Kier molecular flexibility index (Phi) is 8.57. The van der Waals surface area contributed by atoms with Gasteiger partial charge in [0.05, 0.1) is 6.61 Å². The van der Waals surface area contributed by atoms with Gasteiger partial charge in [-0.25, -0.2) is 0 Å². The van der Waals surface area contributed by atoms with Crippen LogP contribution >= 0.6 is 8.53 Å². The summed E-state index contributed by atoms with van der Waals surface area (Å²) in [6.07, 6.45) is 4.25. The van der Waals surface area contributed by atoms with E-state index in [1.807, 2.05) is 0 Å². The van der Waals surface area contributed by atoms with E-state index in [1.165, 1.54) is 0 Å². The van der Waals surface area contributed by atoms with E-state index in [0.29, 0.717) is 6.61 Å². The molecule has 0 rings (SSSR count). The van der Waals surface area contributed by atoms with E-state index in [1.54, 1.807) is 0 Å². The van der Waals surface area contributed by atoms with Crippen molar-refractivity contribution in [2.24, 2.45) is 11.2 Å². The molecule has 1 unspecified atom stereocenters. The zero-order chi connectivity index (χ0) is 8.53. The van der Waals surface area contributed by atoms with E-state index in [-0.39, 0.29) is 0 Å². The lowest BCUT2D eigenvalue weighted by molar-refractivity contribution is 0.299. The molecule has 0 amide bonds. The number of hydrogen-bond donors (Lipinski definition) is 3. The van der Waals surface area contributed by atoms with Crippen LogP contribution in [0.25, 0.3) is 0 Å². The van der Waals surface area contributed by atoms with Gasteiger partial charge < -0.3 is 15.2 Å². The molecule has 1 atom stereocenters. The maximum Gasteiger partial charge on any atom is 0.250 e. The Balaban J connectivity index is 2.80. The van der Waals surface area contributed by atoms with Gasteiger partial charge in [0, 0.05) is 0 Å². The van der Waals surface area contributed by atoms with Gasteiger partial charge in [0.25, 0.3) is 0 Å². The Morgan fingerprint density at radius 1 is 1.18 bits per heavy atom. The average molecular weight is 180 g/mol. The summed E-state index contributed by atoms with van der Waals surface area (Å²) >= 11 is 0. The first-order valence-electron chi connectivity index (χ1n) is 3.84. The van der Waals surface area contributed by atoms with E-state index in [2.05, 4.69) is 0 Å². The standard InChI is InChI=1S/C6H17N2O2P/c7-5-3-1-2-4-6-10-11(8)9/h9H,1-8H2. The van der Waals surface area contributed by atoms with Crippen molar-refractivity contribution in [3.05, 3.63) is 0 Å². The first-order valence-corrected chi connectivity index (χ1v) is 5.12. The molecule has 0 aliphatic rings. The zero-order valence-electron chi connectivity index (χ0n) is 6.70. The Morgan fingerprint density at radius 3 is 2.36 bits per heavy atom. The summed E-state index contributed by atoms with van der Waals surface area (Å²) < 4.78 is 4.79. The SMILES string of the molecule is NCCCCCCOP(N)O. The molecule has 0 heterocycles. The van der Waals surface area contributed by atoms with Crippen LogP contribution in [0.4, 0.5) is 0 Å². The Bertz CT molecular complexity index is 83.0. The van der Waals surface area contributed by atoms with E-state index in [4.69, 9.17) is 20.7 Å². The van der Waals surface area contributed by atoms with Crippen LogP contribution in [-0.4, -0.2) is 18.0 Å². The highest BCUT2D eigenvalue weighted by atomic mass is 31.2. The van der Waals surface area contributed by atoms with Gasteiger partial charge in [-0.05, 0) is 19.4 Å². The molecule has 0 aromatic rings. The van der Waals surface area contributed by atoms with Crippen LogP contribution in [0.3, 0.4) is 0 Å². The molecular formula is C6H17N2O2P. The summed E-state index contributed by atoms with van der Waals surface area (Å²) in [4.78, 5) is 8.56. The molecule has 0 bridgehead atoms. The fourth-order valence-corrected chi connectivity index (χ4v) is 1.07. The third kappa shape index (κ3) is 10.3. The lowest BCUT2D eigenvalue weighted by Gasteiger charge is -2.03. The largest absolute Gasteiger partial charge is 0.338 e. The molecule has 5 N–H and O–H groups in total. The van der Waals surface area contributed by atoms with Crippen molar-refractivity contribution in [1.29, 1.82) is 0 Å². The monoisotopic (exact) mass is 180 g/mol. The smallest absolute Gasteiger partial charge is 0.250 e. The van der Waals surface area contributed by atoms with Crippen molar-refractivity contribution in [3.8, 4) is 0 Å². The second-order valence-electron chi connectivity index (χ2n) is 2.34. The van der Waals surface area contributed by atoms with Crippen molar-refractivity contribution in [3.63, 3.8) is 0 Å². The highest BCUT2D eigenvalue weighted by Crippen LogP contribution is 2.19. The van der Waals surface area contributed by atoms with Crippen LogP contribution in [0.2, 0.25) is 0 Å². The minimum Gasteiger partial charge on any atom is -0.338 e. The van der Waals surface area contributed by atoms with Crippen molar-refractivity contribution in [2.45, 2.75) is 25.7 Å². The molecule has 0 aliphatic carbocycles. The summed E-state index contributed by atoms with van der Waals surface area (Å²) in [6, 6.07) is 0. The van der Waals surface area contributed by atoms with Gasteiger partial charge in [0.1, 0.15) is 0 Å². The van der Waals surface area contributed by atoms with Gasteiger partial charge in [-0.3, -0.25) is 5.50 Å². The van der Waals surface area contributed by atoms with Crippen molar-refractivity contribution < 1.29 is 9.42 Å². The average Bonchev–Trinajstić information content (AvgIpc) is 1.96. The molecule has 4 nitrogen and oxygen atoms in total. The lowest BCUT2D eigenvalue weighted by atomic mass is 10.2. The van der Waals surface area contributed by atoms with Crippen LogP contribution < -0.4 is 11.2 Å². The molecule has 0 saturated heterocycles. The highest BCUT2D eigenvalue weighted by molar-refractivity contribution is 7.43. The molecule has 68 valence electrons. The Labute approximate surface area is 68.9 Å². The molecular weight excluding hydrogens is 163 g/mol. The molecule has 0 aromatic heterocycles. The number of rotatable bonds is 7. The number of nitrogens with two attached hydrogens (primary N) is 2. The Hall–Kier alpha value is 0.270. The van der Waals surface area contributed by atoms with E-state index >= 15 is 0 Å². The van der Waals surface area contributed by atoms with Gasteiger partial charge >= 0.3 is 0 Å². The first-order chi connectivity index (χ1) is 5.27. The summed E-state index contributed by atoms with van der Waals surface area (Å²) in [7, 11) is -1.65. The van der Waals surface area contributed by atoms with Gasteiger partial charge in [0.15, 0.2) is 0 Å². The van der Waals surface area contributed by atoms with Gasteiger partial charge in [-0.15, -0.1) is 0 Å². The summed E-state index contributed by atoms with van der Waals surface area (Å²) in [6.45, 7) is 1.31. The van der Waals surface area contributed by atoms with Gasteiger partial charge in [-0.2, -0.15) is 0 Å². The quantitative estimate of drug-likeness (QED) is 0.398. The molecule has 5 heteroatoms. The van der Waals surface area contributed by atoms with Crippen molar-refractivity contribution in [1.82, 2.24) is 0 Å². The van der Waals surface area contributed by atoms with Crippen LogP contribution in [0.15, 0.2) is 0 Å². The van der Waals surface area contributed by atoms with E-state index in [0.717, 1.165) is 32.2 Å². The third-order valence-corrected chi connectivity index (χ3v) is 1.77. The minimum absolute atomic E-state index is 0.559. The summed E-state index contributed by atoms with van der Waals surface area (Å²) in [5.41, 5.74) is 10.3. The highest BCUT2D eigenvalue weighted by Gasteiger charge is 1.95. The first kappa shape index (κ1) is 11.3. The fraction of sp³-hybridized carbons (Fsp3) is 1.00. The van der Waals surface area contributed by atoms with Crippen molar-refractivity contribution >= 4 is 8.53 Å². The predicted octanol–water partition coefficient (Wildman–Crippen LogP) is 0.700. The maximum absolute atomic E-state index is 8.56. The van der Waals surface area contributed by atoms with Crippen LogP contribution in [0, 0.1) is 0 Å². The molecule has 0 aliphatic heterocycles. The summed E-state index contributed by atoms with van der Waals surface area (Å²) in [5, 5.41) is 0. The van der Waals surface area contributed by atoms with Crippen molar-refractivity contribution in [2.75, 3.05) is 13.2 Å². The van der Waals surface area contributed by atoms with Gasteiger partial charge in [-0.1, -0.05) is 12.8 Å². The van der Waals surface area contributed by atoms with Crippen LogP contribution in [0.5, 0.6) is 0 Å². The lowest BCUT2D eigenvalue weighted by Crippen LogP contribution is -1.99. The maximum atomic E-state index is 8.56. The third-order valence-electron chi connectivity index (χ3n) is 1.32. The molecule has 0 spiro atoms. The van der Waals surface area contributed by atoms with E-state index in [9.17, 15) is 0 Å². The predicted molar refractivity (Wildman–Crippen MR) is 46.8 cm³/mol. The normalized spacial score (nSPS) is 13.4. The molecule has 11 heavy (non-hydrogen) atoms. The van der Waals surface area contributed by atoms with Crippen LogP contribution in [-0.2, 0) is 4.52 Å². The molecule has 0 saturated carbocycles. The number of unbranched alkanes of at least 4 members (excludes halogenated alkanes) is 3. The Morgan fingerprint density at radius 2 is 1.82 bits per heavy atom. The van der Waals surface area contributed by atoms with E-state index < -0.39 is 8.53 Å². The summed E-state index contributed by atoms with van der Waals surface area (Å²) in [5.74, 6) is 0. The minimum atomic E-state index is -1.65. The fourth-order valence-electron chi connectivity index (χ4n) is 0.758. The molecule has 0 fully saturated rings. The molecule has 0 aromatic carbocycles. The second kappa shape index (κ2) is 8.37.